The predicted molar refractivity (Wildman–Crippen MR) is 124 cm³/mol. The number of aromatic hydroxyl groups is 1. The molecule has 0 aromatic heterocycles. The normalized spacial score (nSPS) is 10.0. The number of hydrogen-bond acceptors (Lipinski definition) is 9. The first-order valence-electron chi connectivity index (χ1n) is 9.21. The van der Waals surface area contributed by atoms with Crippen LogP contribution >= 0.6 is 12.0 Å². The minimum atomic E-state index is -4.42. The lowest BCUT2D eigenvalue weighted by Crippen LogP contribution is -2.00. The number of phenolic OH excluding ortho intramolecular Hbond substituents is 1. The first-order chi connectivity index (χ1) is 14.7. The lowest BCUT2D eigenvalue weighted by Gasteiger charge is -2.09. The highest BCUT2D eigenvalue weighted by molar-refractivity contribution is 7.94. The Hall–Kier alpha value is -2.54. The van der Waals surface area contributed by atoms with Crippen LogP contribution in [0.2, 0.25) is 0 Å². The summed E-state index contributed by atoms with van der Waals surface area (Å²) in [7, 11) is -4.42. The number of para-hydroxylation sites is 1. The van der Waals surface area contributed by atoms with Gasteiger partial charge in [0.25, 0.3) is 10.1 Å². The zero-order valence-corrected chi connectivity index (χ0v) is 19.3. The largest absolute Gasteiger partial charge is 0.507 e. The molecule has 0 aliphatic carbocycles. The van der Waals surface area contributed by atoms with Crippen molar-refractivity contribution in [3.05, 3.63) is 54.6 Å². The van der Waals surface area contributed by atoms with Gasteiger partial charge < -0.3 is 16.6 Å². The molecular weight excluding hydrogens is 444 g/mol. The Bertz CT molecular complexity index is 1030. The van der Waals surface area contributed by atoms with Crippen LogP contribution in [0.25, 0.3) is 10.8 Å². The Kier molecular flexibility index (Phi) is 13.3. The van der Waals surface area contributed by atoms with E-state index in [4.69, 9.17) is 21.3 Å². The number of benzene rings is 3. The lowest BCUT2D eigenvalue weighted by atomic mass is 10.1. The van der Waals surface area contributed by atoms with Crippen LogP contribution in [0.15, 0.2) is 64.4 Å². The molecule has 0 unspecified atom stereocenters. The van der Waals surface area contributed by atoms with E-state index < -0.39 is 15.0 Å². The molecule has 0 aliphatic heterocycles. The van der Waals surface area contributed by atoms with Crippen LogP contribution in [0.3, 0.4) is 0 Å². The van der Waals surface area contributed by atoms with E-state index in [9.17, 15) is 13.5 Å². The SMILES string of the molecule is CC.CC.Nc1cc(S(=O)(=O)O)cc2cc(SOOO)cc(O)c12.Nc1ccccc1. The minimum absolute atomic E-state index is 0.0106. The molecule has 0 saturated carbocycles. The van der Waals surface area contributed by atoms with Gasteiger partial charge in [-0.3, -0.25) is 4.55 Å². The molecular formula is C20H28N2O7S2. The second-order valence-electron chi connectivity index (χ2n) is 5.16. The van der Waals surface area contributed by atoms with Crippen molar-refractivity contribution in [2.24, 2.45) is 0 Å². The first kappa shape index (κ1) is 28.5. The van der Waals surface area contributed by atoms with E-state index in [0.29, 0.717) is 16.9 Å². The molecule has 9 nitrogen and oxygen atoms in total. The number of phenols is 1. The topological polar surface area (TPSA) is 165 Å². The number of rotatable bonds is 4. The van der Waals surface area contributed by atoms with Gasteiger partial charge in [0, 0.05) is 21.7 Å². The van der Waals surface area contributed by atoms with E-state index in [0.717, 1.165) is 17.8 Å². The average Bonchev–Trinajstić information content (AvgIpc) is 2.75. The Labute approximate surface area is 186 Å². The van der Waals surface area contributed by atoms with Gasteiger partial charge in [-0.2, -0.15) is 8.42 Å². The standard InChI is InChI=1S/C10H9NO7S2.C6H7N.2C2H6/c11-8-4-7(20(14,15)16)2-5-1-6(19-18-17-13)3-9(12)10(5)8;7-6-4-2-1-3-5-6;2*1-2/h1-4,12-13H,11H2,(H,14,15,16);1-5H,7H2;2*1-2H3. The third-order valence-corrected chi connectivity index (χ3v) is 4.65. The summed E-state index contributed by atoms with van der Waals surface area (Å²) >= 11 is 0.584. The van der Waals surface area contributed by atoms with Crippen LogP contribution < -0.4 is 11.5 Å². The molecule has 3 aromatic rings. The van der Waals surface area contributed by atoms with Gasteiger partial charge in [0.15, 0.2) is 0 Å². The summed E-state index contributed by atoms with van der Waals surface area (Å²) < 4.78 is 35.5. The Balaban J connectivity index is 0.000000681. The molecule has 0 aliphatic rings. The molecule has 0 radical (unpaired) electrons. The maximum atomic E-state index is 11.1. The van der Waals surface area contributed by atoms with Gasteiger partial charge in [-0.1, -0.05) is 50.9 Å². The van der Waals surface area contributed by atoms with Gasteiger partial charge >= 0.3 is 0 Å². The van der Waals surface area contributed by atoms with E-state index in [1.807, 2.05) is 58.0 Å². The van der Waals surface area contributed by atoms with Crippen LogP contribution in [-0.2, 0) is 19.5 Å². The van der Waals surface area contributed by atoms with Crippen LogP contribution in [0, 0.1) is 0 Å². The minimum Gasteiger partial charge on any atom is -0.507 e. The zero-order valence-electron chi connectivity index (χ0n) is 17.6. The highest BCUT2D eigenvalue weighted by Gasteiger charge is 2.15. The van der Waals surface area contributed by atoms with Crippen LogP contribution in [0.4, 0.5) is 11.4 Å². The molecule has 0 atom stereocenters. The van der Waals surface area contributed by atoms with Crippen LogP contribution in [-0.4, -0.2) is 23.3 Å². The summed E-state index contributed by atoms with van der Waals surface area (Å²) in [5, 5.41) is 21.8. The number of anilines is 2. The molecule has 7 N–H and O–H groups in total. The molecule has 3 rings (SSSR count). The molecule has 0 bridgehead atoms. The molecule has 0 heterocycles. The fraction of sp³-hybridized carbons (Fsp3) is 0.200. The fourth-order valence-corrected chi connectivity index (χ4v) is 3.17. The second kappa shape index (κ2) is 14.5. The lowest BCUT2D eigenvalue weighted by molar-refractivity contribution is -0.432. The summed E-state index contributed by atoms with van der Waals surface area (Å²) in [4.78, 5) is -0.0840. The molecule has 0 saturated heterocycles. The Morgan fingerprint density at radius 3 is 1.97 bits per heavy atom. The van der Waals surface area contributed by atoms with Crippen molar-refractivity contribution in [2.45, 2.75) is 37.5 Å². The summed E-state index contributed by atoms with van der Waals surface area (Å²) in [6.45, 7) is 8.00. The van der Waals surface area contributed by atoms with Gasteiger partial charge in [-0.05, 0) is 41.8 Å². The number of hydrogen-bond donors (Lipinski definition) is 5. The highest BCUT2D eigenvalue weighted by Crippen LogP contribution is 2.36. The fourth-order valence-electron chi connectivity index (χ4n) is 2.18. The van der Waals surface area contributed by atoms with Crippen molar-refractivity contribution in [3.8, 4) is 5.75 Å². The first-order valence-corrected chi connectivity index (χ1v) is 11.4. The smallest absolute Gasteiger partial charge is 0.294 e. The van der Waals surface area contributed by atoms with E-state index in [1.165, 1.54) is 12.1 Å². The number of nitrogens with two attached hydrogens (primary N) is 2. The molecule has 0 fully saturated rings. The Morgan fingerprint density at radius 1 is 0.935 bits per heavy atom. The maximum Gasteiger partial charge on any atom is 0.294 e. The van der Waals surface area contributed by atoms with Gasteiger partial charge in [-0.15, -0.1) is 4.33 Å². The van der Waals surface area contributed by atoms with Crippen molar-refractivity contribution >= 4 is 44.3 Å². The van der Waals surface area contributed by atoms with Gasteiger partial charge in [0.2, 0.25) is 0 Å². The van der Waals surface area contributed by atoms with Crippen molar-refractivity contribution in [1.29, 1.82) is 0 Å². The summed E-state index contributed by atoms with van der Waals surface area (Å²) in [5.41, 5.74) is 11.8. The summed E-state index contributed by atoms with van der Waals surface area (Å²) in [5.74, 6) is -0.217. The monoisotopic (exact) mass is 472 g/mol. The van der Waals surface area contributed by atoms with E-state index in [2.05, 4.69) is 9.37 Å². The van der Waals surface area contributed by atoms with E-state index >= 15 is 0 Å². The van der Waals surface area contributed by atoms with Crippen LogP contribution in [0.1, 0.15) is 27.7 Å². The zero-order chi connectivity index (χ0) is 24.0. The maximum absolute atomic E-state index is 11.1. The summed E-state index contributed by atoms with van der Waals surface area (Å²) in [6, 6.07) is 14.4. The van der Waals surface area contributed by atoms with Gasteiger partial charge in [0.05, 0.1) is 16.9 Å². The van der Waals surface area contributed by atoms with Crippen molar-refractivity contribution in [3.63, 3.8) is 0 Å². The molecule has 0 spiro atoms. The molecule has 3 aromatic carbocycles. The number of nitrogen functional groups attached to an aromatic ring is 2. The quantitative estimate of drug-likeness (QED) is 0.113. The molecule has 0 amide bonds. The third-order valence-electron chi connectivity index (χ3n) is 3.26. The molecule has 172 valence electrons. The molecule has 11 heteroatoms. The Morgan fingerprint density at radius 2 is 1.52 bits per heavy atom. The number of fused-ring (bicyclic) bond motifs is 1. The van der Waals surface area contributed by atoms with E-state index in [-0.39, 0.29) is 22.2 Å². The van der Waals surface area contributed by atoms with Crippen molar-refractivity contribution < 1.29 is 32.7 Å². The van der Waals surface area contributed by atoms with E-state index in [1.54, 1.807) is 0 Å². The molecule has 31 heavy (non-hydrogen) atoms. The average molecular weight is 473 g/mol. The predicted octanol–water partition coefficient (Wildman–Crippen LogP) is 5.12. The second-order valence-corrected chi connectivity index (χ2v) is 7.36. The van der Waals surface area contributed by atoms with Crippen LogP contribution in [0.5, 0.6) is 5.75 Å². The van der Waals surface area contributed by atoms with Gasteiger partial charge in [0.1, 0.15) is 5.75 Å². The third kappa shape index (κ3) is 9.42. The summed E-state index contributed by atoms with van der Waals surface area (Å²) in [6.07, 6.45) is 0. The van der Waals surface area contributed by atoms with Crippen molar-refractivity contribution in [2.75, 3.05) is 11.5 Å². The van der Waals surface area contributed by atoms with Gasteiger partial charge in [-0.25, -0.2) is 5.26 Å². The highest BCUT2D eigenvalue weighted by atomic mass is 32.2. The van der Waals surface area contributed by atoms with Crippen molar-refractivity contribution in [1.82, 2.24) is 0 Å².